The number of ketones is 1. The van der Waals surface area contributed by atoms with Gasteiger partial charge in [0, 0.05) is 31.9 Å². The molecule has 0 aromatic carbocycles. The number of thiocarbonyl (C=S) groups is 1. The minimum absolute atomic E-state index is 0. The van der Waals surface area contributed by atoms with Gasteiger partial charge in [0.05, 0.1) is 0 Å². The predicted molar refractivity (Wildman–Crippen MR) is 47.0 cm³/mol. The average Bonchev–Trinajstić information content (AvgIpc) is 2.01. The summed E-state index contributed by atoms with van der Waals surface area (Å²) < 4.78 is 0. The van der Waals surface area contributed by atoms with Gasteiger partial charge < -0.3 is 0 Å². The van der Waals surface area contributed by atoms with Crippen molar-refractivity contribution >= 4 is 29.3 Å². The third kappa shape index (κ3) is 3.59. The minimum Gasteiger partial charge on any atom is -0.293 e. The van der Waals surface area contributed by atoms with Crippen LogP contribution in [0.1, 0.15) is 13.8 Å². The van der Waals surface area contributed by atoms with Gasteiger partial charge in [0.25, 0.3) is 5.91 Å². The zero-order valence-corrected chi connectivity index (χ0v) is 11.7. The molecule has 0 unspecified atom stereocenters. The van der Waals surface area contributed by atoms with Crippen molar-refractivity contribution in [2.45, 2.75) is 13.8 Å². The Kier molecular flexibility index (Phi) is 6.50. The van der Waals surface area contributed by atoms with E-state index in [1.807, 2.05) is 0 Å². The third-order valence-electron chi connectivity index (χ3n) is 1.55. The molecule has 4 nitrogen and oxygen atoms in total. The van der Waals surface area contributed by atoms with Crippen molar-refractivity contribution < 1.29 is 34.3 Å². The van der Waals surface area contributed by atoms with Crippen LogP contribution >= 0.6 is 12.2 Å². The fourth-order valence-electron chi connectivity index (χ4n) is 0.657. The molecule has 0 aliphatic carbocycles. The monoisotopic (exact) mass is 253 g/mol. The van der Waals surface area contributed by atoms with E-state index in [1.165, 1.54) is 20.9 Å². The van der Waals surface area contributed by atoms with Crippen molar-refractivity contribution in [1.29, 1.82) is 0 Å². The number of Topliss-reactive ketones (excluding diaryl/α,β-unsaturated/α-hetero) is 1. The van der Waals surface area contributed by atoms with Crippen LogP contribution in [0.3, 0.4) is 0 Å². The Labute approximate surface area is 95.0 Å². The molecule has 13 heavy (non-hydrogen) atoms. The molecule has 0 atom stereocenters. The zero-order chi connectivity index (χ0) is 9.94. The smallest absolute Gasteiger partial charge is 0.259 e. The second kappa shape index (κ2) is 5.52. The van der Waals surface area contributed by atoms with E-state index in [9.17, 15) is 9.59 Å². The fourth-order valence-corrected chi connectivity index (χ4v) is 0.952. The van der Waals surface area contributed by atoms with Crippen molar-refractivity contribution in [2.75, 3.05) is 7.05 Å². The van der Waals surface area contributed by atoms with E-state index in [4.69, 9.17) is 5.21 Å². The first-order chi connectivity index (χ1) is 5.34. The van der Waals surface area contributed by atoms with Gasteiger partial charge in [-0.1, -0.05) is 12.2 Å². The first-order valence-corrected chi connectivity index (χ1v) is 3.77. The van der Waals surface area contributed by atoms with Gasteiger partial charge in [0.2, 0.25) is 0 Å². The number of hydrogen-bond acceptors (Lipinski definition) is 4. The standard InChI is InChI=1S/C7H11NO3S.Zn/c1-7(2,5(9)4-12)6(10)8(3)11;/h4,11H,1-3H3;. The fraction of sp³-hybridized carbons (Fsp3) is 0.571. The van der Waals surface area contributed by atoms with Crippen molar-refractivity contribution in [3.8, 4) is 0 Å². The molecule has 0 aliphatic heterocycles. The number of amides is 1. The van der Waals surface area contributed by atoms with E-state index in [1.54, 1.807) is 0 Å². The molecule has 0 rings (SSSR count). The van der Waals surface area contributed by atoms with Crippen LogP contribution in [0.4, 0.5) is 0 Å². The van der Waals surface area contributed by atoms with Crippen LogP contribution in [0.5, 0.6) is 0 Å². The number of carbonyl (C=O) groups is 2. The van der Waals surface area contributed by atoms with E-state index in [0.717, 1.165) is 5.37 Å². The molecule has 70 valence electrons. The summed E-state index contributed by atoms with van der Waals surface area (Å²) in [6.07, 6.45) is 0. The van der Waals surface area contributed by atoms with E-state index in [-0.39, 0.29) is 19.5 Å². The van der Waals surface area contributed by atoms with Crippen LogP contribution in [-0.2, 0) is 29.1 Å². The maximum Gasteiger partial charge on any atom is 0.259 e. The van der Waals surface area contributed by atoms with Crippen molar-refractivity contribution in [3.63, 3.8) is 0 Å². The molecule has 1 amide bonds. The van der Waals surface area contributed by atoms with Gasteiger partial charge >= 0.3 is 0 Å². The maximum absolute atomic E-state index is 11.2. The Balaban J connectivity index is 0. The van der Waals surface area contributed by atoms with Crippen molar-refractivity contribution in [1.82, 2.24) is 5.06 Å². The Bertz CT molecular complexity index is 228. The summed E-state index contributed by atoms with van der Waals surface area (Å²) in [5.41, 5.74) is -1.27. The molecule has 1 N–H and O–H groups in total. The molecular weight excluding hydrogens is 244 g/mol. The molecule has 0 spiro atoms. The molecule has 0 aromatic rings. The molecular formula is C7H11NO3SZn. The first kappa shape index (κ1) is 15.3. The topological polar surface area (TPSA) is 57.6 Å². The molecule has 0 bridgehead atoms. The number of carbonyl (C=O) groups excluding carboxylic acids is 2. The van der Waals surface area contributed by atoms with Gasteiger partial charge in [0.1, 0.15) is 5.41 Å². The summed E-state index contributed by atoms with van der Waals surface area (Å²) in [5, 5.41) is 10.1. The number of nitrogens with zero attached hydrogens (tertiary/aromatic N) is 1. The Morgan fingerprint density at radius 3 is 2.08 bits per heavy atom. The van der Waals surface area contributed by atoms with Gasteiger partial charge in [-0.2, -0.15) is 0 Å². The molecule has 6 heteroatoms. The molecule has 0 radical (unpaired) electrons. The van der Waals surface area contributed by atoms with Crippen molar-refractivity contribution in [3.05, 3.63) is 0 Å². The molecule has 0 saturated heterocycles. The summed E-state index contributed by atoms with van der Waals surface area (Å²) in [4.78, 5) is 22.2. The number of hydroxylamine groups is 2. The number of hydrogen-bond donors (Lipinski definition) is 1. The summed E-state index contributed by atoms with van der Waals surface area (Å²) >= 11 is 4.40. The van der Waals surface area contributed by atoms with Crippen LogP contribution in [0.2, 0.25) is 0 Å². The second-order valence-electron chi connectivity index (χ2n) is 2.94. The SMILES string of the molecule is CN(O)C(=O)C(C)(C)C(=O)C=S.[Zn]. The first-order valence-electron chi connectivity index (χ1n) is 3.30. The average molecular weight is 255 g/mol. The van der Waals surface area contributed by atoms with E-state index < -0.39 is 17.1 Å². The van der Waals surface area contributed by atoms with Crippen LogP contribution in [0, 0.1) is 5.41 Å². The molecule has 0 aliphatic rings. The zero-order valence-electron chi connectivity index (χ0n) is 7.90. The molecule has 0 fully saturated rings. The van der Waals surface area contributed by atoms with Gasteiger partial charge in [-0.3, -0.25) is 14.8 Å². The minimum atomic E-state index is -1.27. The van der Waals surface area contributed by atoms with E-state index in [2.05, 4.69) is 12.2 Å². The summed E-state index contributed by atoms with van der Waals surface area (Å²) in [6.45, 7) is 2.82. The largest absolute Gasteiger partial charge is 0.293 e. The number of rotatable bonds is 3. The second-order valence-corrected chi connectivity index (χ2v) is 3.17. The Hall–Kier alpha value is -0.187. The molecule has 0 heterocycles. The summed E-state index contributed by atoms with van der Waals surface area (Å²) in [7, 11) is 1.17. The molecule has 0 saturated carbocycles. The van der Waals surface area contributed by atoms with Gasteiger partial charge in [-0.05, 0) is 13.8 Å². The Morgan fingerprint density at radius 1 is 1.46 bits per heavy atom. The van der Waals surface area contributed by atoms with Gasteiger partial charge in [-0.15, -0.1) is 0 Å². The Morgan fingerprint density at radius 2 is 1.85 bits per heavy atom. The van der Waals surface area contributed by atoms with Crippen LogP contribution < -0.4 is 0 Å². The van der Waals surface area contributed by atoms with Crippen LogP contribution in [0.25, 0.3) is 0 Å². The molecule has 0 aromatic heterocycles. The summed E-state index contributed by atoms with van der Waals surface area (Å²) in [6, 6.07) is 0. The van der Waals surface area contributed by atoms with Crippen molar-refractivity contribution in [2.24, 2.45) is 5.41 Å². The third-order valence-corrected chi connectivity index (χ3v) is 1.77. The van der Waals surface area contributed by atoms with E-state index >= 15 is 0 Å². The normalized spacial score (nSPS) is 9.85. The maximum atomic E-state index is 11.2. The van der Waals surface area contributed by atoms with Crippen LogP contribution in [0.15, 0.2) is 0 Å². The van der Waals surface area contributed by atoms with Gasteiger partial charge in [0.15, 0.2) is 5.78 Å². The van der Waals surface area contributed by atoms with E-state index in [0.29, 0.717) is 5.06 Å². The quantitative estimate of drug-likeness (QED) is 0.261. The van der Waals surface area contributed by atoms with Crippen LogP contribution in [-0.4, -0.2) is 34.4 Å². The van der Waals surface area contributed by atoms with Gasteiger partial charge in [-0.25, -0.2) is 5.06 Å². The predicted octanol–water partition coefficient (Wildman–Crippen LogP) is 0.426. The summed E-state index contributed by atoms with van der Waals surface area (Å²) in [5.74, 6) is -1.16.